The Morgan fingerprint density at radius 3 is 0.667 bits per heavy atom. The van der Waals surface area contributed by atoms with E-state index in [1.807, 2.05) is 74.9 Å². The summed E-state index contributed by atoms with van der Waals surface area (Å²) < 4.78 is 13.5. The second kappa shape index (κ2) is 30.4. The van der Waals surface area contributed by atoms with E-state index in [2.05, 4.69) is 275 Å². The van der Waals surface area contributed by atoms with Gasteiger partial charge in [0.2, 0.25) is 0 Å². The van der Waals surface area contributed by atoms with Crippen molar-refractivity contribution in [2.75, 3.05) is 14.2 Å². The molecule has 9 heteroatoms. The molecule has 0 aliphatic rings. The molecule has 0 unspecified atom stereocenters. The van der Waals surface area contributed by atoms with Crippen molar-refractivity contribution in [1.82, 2.24) is 0 Å². The Hall–Kier alpha value is -4.66. The summed E-state index contributed by atoms with van der Waals surface area (Å²) in [5.41, 5.74) is 26.8. The van der Waals surface area contributed by atoms with Gasteiger partial charge in [0.15, 0.2) is 0 Å². The molecule has 4 nitrogen and oxygen atoms in total. The zero-order valence-corrected chi connectivity index (χ0v) is 66.3. The van der Waals surface area contributed by atoms with E-state index < -0.39 is 15.8 Å². The fourth-order valence-corrected chi connectivity index (χ4v) is 16.5. The molecule has 0 heterocycles. The maximum absolute atomic E-state index is 6.74. The molecule has 93 heavy (non-hydrogen) atoms. The van der Waals surface area contributed by atoms with Crippen molar-refractivity contribution in [3.8, 4) is 22.6 Å². The molecule has 0 saturated heterocycles. The molecule has 8 aromatic rings. The normalized spacial score (nSPS) is 13.5. The number of hydrogen-bond acceptors (Lipinski definition) is 4. The zero-order valence-electron chi connectivity index (χ0n) is 61.3. The van der Waals surface area contributed by atoms with Crippen molar-refractivity contribution in [3.63, 3.8) is 0 Å². The number of hydrogen-bond donors (Lipinski definition) is 2. The predicted molar refractivity (Wildman–Crippen MR) is 410 cm³/mol. The number of benzene rings is 8. The van der Waals surface area contributed by atoms with Crippen LogP contribution in [0.5, 0.6) is 11.5 Å². The average molecular weight is 1420 g/mol. The van der Waals surface area contributed by atoms with E-state index >= 15 is 0 Å². The Bertz CT molecular complexity index is 3260. The summed E-state index contributed by atoms with van der Waals surface area (Å²) >= 11 is -0.346. The molecule has 0 aliphatic heterocycles. The summed E-state index contributed by atoms with van der Waals surface area (Å²) in [5, 5.41) is 7.89. The third kappa shape index (κ3) is 19.8. The fourth-order valence-electron chi connectivity index (χ4n) is 11.3. The van der Waals surface area contributed by atoms with Gasteiger partial charge in [0.05, 0.1) is 14.2 Å². The van der Waals surface area contributed by atoms with E-state index in [4.69, 9.17) is 40.3 Å². The van der Waals surface area contributed by atoms with Crippen molar-refractivity contribution in [2.45, 2.75) is 222 Å². The molecule has 0 spiro atoms. The summed E-state index contributed by atoms with van der Waals surface area (Å²) in [6, 6.07) is 63.4. The Labute approximate surface area is 582 Å². The van der Waals surface area contributed by atoms with E-state index in [1.54, 1.807) is 0 Å². The first-order valence-electron chi connectivity index (χ1n) is 32.9. The van der Waals surface area contributed by atoms with Gasteiger partial charge >= 0.3 is 34.5 Å². The van der Waals surface area contributed by atoms with Gasteiger partial charge in [-0.05, 0) is 159 Å². The Morgan fingerprint density at radius 1 is 0.301 bits per heavy atom. The van der Waals surface area contributed by atoms with Gasteiger partial charge in [-0.1, -0.05) is 324 Å². The van der Waals surface area contributed by atoms with Crippen LogP contribution in [0.25, 0.3) is 11.1 Å². The van der Waals surface area contributed by atoms with Crippen LogP contribution in [0.2, 0.25) is 0 Å². The van der Waals surface area contributed by atoms with Crippen LogP contribution in [0.1, 0.15) is 234 Å². The van der Waals surface area contributed by atoms with Crippen molar-refractivity contribution < 1.29 is 24.6 Å². The summed E-state index contributed by atoms with van der Waals surface area (Å²) in [5.74, 6) is 1.69. The van der Waals surface area contributed by atoms with Gasteiger partial charge < -0.3 is 20.9 Å². The number of halogens is 2. The predicted octanol–water partition coefficient (Wildman–Crippen LogP) is 21.0. The van der Waals surface area contributed by atoms with Crippen LogP contribution in [-0.2, 0) is 58.5 Å². The van der Waals surface area contributed by atoms with Gasteiger partial charge in [0.1, 0.15) is 11.5 Å². The molecule has 0 fully saturated rings. The summed E-state index contributed by atoms with van der Waals surface area (Å²) in [6.45, 7) is 56.6. The summed E-state index contributed by atoms with van der Waals surface area (Å²) in [6.07, 6.45) is 0. The number of methoxy groups -OCH3 is 2. The van der Waals surface area contributed by atoms with Crippen LogP contribution in [0, 0.1) is 0 Å². The second-order valence-corrected chi connectivity index (χ2v) is 40.4. The van der Waals surface area contributed by atoms with Crippen LogP contribution in [0.4, 0.5) is 0 Å². The third-order valence-corrected chi connectivity index (χ3v) is 22.4. The first-order chi connectivity index (χ1) is 42.8. The zero-order chi connectivity index (χ0) is 69.8. The van der Waals surface area contributed by atoms with Crippen LogP contribution in [0.3, 0.4) is 0 Å². The van der Waals surface area contributed by atoms with Crippen molar-refractivity contribution in [1.29, 1.82) is 0 Å². The van der Waals surface area contributed by atoms with E-state index in [1.165, 1.54) is 76.3 Å². The molecular formula is C84H112Cl2N2O2P2Ru. The molecule has 0 aromatic heterocycles. The van der Waals surface area contributed by atoms with Crippen molar-refractivity contribution >= 4 is 67.1 Å². The fraction of sp³-hybridized carbons (Fsp3) is 0.429. The van der Waals surface area contributed by atoms with E-state index in [9.17, 15) is 0 Å². The number of ether oxygens (including phenoxy) is 2. The Balaban J connectivity index is 0.000000616. The van der Waals surface area contributed by atoms with Crippen molar-refractivity contribution in [2.24, 2.45) is 11.5 Å². The molecule has 0 bridgehead atoms. The van der Waals surface area contributed by atoms with Gasteiger partial charge in [-0.3, -0.25) is 0 Å². The minimum atomic E-state index is -1.23. The second-order valence-electron chi connectivity index (χ2n) is 33.4. The van der Waals surface area contributed by atoms with Crippen LogP contribution < -0.4 is 52.8 Å². The van der Waals surface area contributed by atoms with Crippen LogP contribution in [-0.4, -0.2) is 14.2 Å². The molecule has 8 rings (SSSR count). The molecule has 502 valence electrons. The van der Waals surface area contributed by atoms with E-state index in [-0.39, 0.29) is 70.5 Å². The molecule has 8 aromatic carbocycles. The molecule has 0 aliphatic carbocycles. The molecule has 2 atom stereocenters. The van der Waals surface area contributed by atoms with Crippen LogP contribution in [0.15, 0.2) is 170 Å². The minimum absolute atomic E-state index is 0.0787. The van der Waals surface area contributed by atoms with Crippen LogP contribution >= 0.6 is 35.2 Å². The van der Waals surface area contributed by atoms with E-state index in [0.29, 0.717) is 0 Å². The standard InChI is InChI=1S/C70H96O2P2.C14H16N2.2ClH.Ru/c1-63(2,3)45-33-46(64(4,5)6)38-53(37-45)73(54-39-47(65(7,8)9)34-48(40-54)66(10,11)12)59-31-27-29-57(71-25)61(59)62-58(72-26)30-28-32-60(62)74(55-41-49(67(13,14)15)35-50(42-55)68(16,17)18)56-43-51(69(19,20)21)36-52(44-56)70(22,23)24;15-13(11-7-3-1-4-8-11)14(16)12-9-5-2-6-10-12;;;/h27-44H,1-26H3;1-10,13-14H,15-16H2;2*1H;/q;;;;+2/p-2/t;13-,14-;;;/m.1.../s1. The Kier molecular flexibility index (Phi) is 25.3. The van der Waals surface area contributed by atoms with Gasteiger partial charge in [-0.2, -0.15) is 0 Å². The Morgan fingerprint density at radius 2 is 0.495 bits per heavy atom. The average Bonchev–Trinajstić information content (AvgIpc) is 0.743. The van der Waals surface area contributed by atoms with Crippen molar-refractivity contribution in [3.05, 3.63) is 225 Å². The first-order valence-corrected chi connectivity index (χ1v) is 40.1. The van der Waals surface area contributed by atoms with Gasteiger partial charge in [-0.25, -0.2) is 0 Å². The quantitative estimate of drug-likeness (QED) is 0.0945. The van der Waals surface area contributed by atoms with E-state index in [0.717, 1.165) is 33.8 Å². The van der Waals surface area contributed by atoms with Gasteiger partial charge in [0, 0.05) is 23.2 Å². The molecular weight excluding hydrogens is 1300 g/mol. The monoisotopic (exact) mass is 1410 g/mol. The summed E-state index contributed by atoms with van der Waals surface area (Å²) in [7, 11) is 10.9. The maximum atomic E-state index is 6.74. The topological polar surface area (TPSA) is 70.5 Å². The number of nitrogens with two attached hydrogens (primary N) is 2. The molecule has 0 saturated carbocycles. The molecule has 0 amide bonds. The number of rotatable bonds is 12. The first kappa shape index (κ1) is 77.4. The molecule has 0 radical (unpaired) electrons. The third-order valence-electron chi connectivity index (χ3n) is 17.6. The van der Waals surface area contributed by atoms with Gasteiger partial charge in [-0.15, -0.1) is 0 Å². The van der Waals surface area contributed by atoms with Gasteiger partial charge in [0.25, 0.3) is 0 Å². The molecule has 4 N–H and O–H groups in total. The SMILES string of the molecule is COc1cccc(P(c2cc(C(C)(C)C)cc(C(C)(C)C)c2)c2cc(C(C)(C)C)cc(C(C)(C)C)c2)c1-c1c(OC)cccc1P(c1cc(C(C)(C)C)cc(C(C)(C)C)c1)c1cc(C(C)(C)C)cc(C(C)(C)C)c1.N[C@H](c1ccccc1)[C@H](N)c1ccccc1.[Cl][Ru][Cl]. The summed E-state index contributed by atoms with van der Waals surface area (Å²) in [4.78, 5) is 0.